The molecule has 0 radical (unpaired) electrons. The second kappa shape index (κ2) is 6.37. The molecule has 3 nitrogen and oxygen atoms in total. The zero-order valence-electron chi connectivity index (χ0n) is 11.8. The van der Waals surface area contributed by atoms with E-state index in [0.29, 0.717) is 21.3 Å². The Bertz CT molecular complexity index is 653. The lowest BCUT2D eigenvalue weighted by Crippen LogP contribution is -2.30. The molecule has 0 heterocycles. The molecule has 1 unspecified atom stereocenters. The molecule has 0 aliphatic carbocycles. The average Bonchev–Trinajstić information content (AvgIpc) is 2.45. The summed E-state index contributed by atoms with van der Waals surface area (Å²) in [6.45, 7) is 1.93. The summed E-state index contributed by atoms with van der Waals surface area (Å²) >= 11 is 12.2. The van der Waals surface area contributed by atoms with Gasteiger partial charge in [-0.1, -0.05) is 41.4 Å². The highest BCUT2D eigenvalue weighted by atomic mass is 35.5. The van der Waals surface area contributed by atoms with Crippen LogP contribution in [0.2, 0.25) is 10.0 Å². The van der Waals surface area contributed by atoms with E-state index in [1.165, 1.54) is 0 Å². The molecule has 0 spiro atoms. The van der Waals surface area contributed by atoms with Gasteiger partial charge in [-0.2, -0.15) is 0 Å². The molecule has 21 heavy (non-hydrogen) atoms. The second-order valence-corrected chi connectivity index (χ2v) is 5.67. The van der Waals surface area contributed by atoms with E-state index < -0.39 is 0 Å². The molecular formula is C16H16Cl2N2O. The van der Waals surface area contributed by atoms with Crippen LogP contribution in [0.15, 0.2) is 42.5 Å². The normalized spacial score (nSPS) is 12.0. The minimum atomic E-state index is -0.222. The Morgan fingerprint density at radius 1 is 1.14 bits per heavy atom. The van der Waals surface area contributed by atoms with Crippen LogP contribution in [0.4, 0.5) is 5.69 Å². The molecule has 1 atom stereocenters. The van der Waals surface area contributed by atoms with Crippen LogP contribution < -0.4 is 5.73 Å². The number of hydrogen-bond donors (Lipinski definition) is 1. The Balaban J connectivity index is 2.31. The van der Waals surface area contributed by atoms with Gasteiger partial charge in [-0.15, -0.1) is 0 Å². The molecule has 0 fully saturated rings. The van der Waals surface area contributed by atoms with Crippen LogP contribution >= 0.6 is 23.2 Å². The number of carbonyl (C=O) groups is 1. The lowest BCUT2D eigenvalue weighted by atomic mass is 10.1. The van der Waals surface area contributed by atoms with Crippen molar-refractivity contribution in [3.63, 3.8) is 0 Å². The number of nitrogens with two attached hydrogens (primary N) is 1. The zero-order valence-corrected chi connectivity index (χ0v) is 13.3. The van der Waals surface area contributed by atoms with E-state index in [4.69, 9.17) is 28.9 Å². The smallest absolute Gasteiger partial charge is 0.257 e. The molecule has 2 N–H and O–H groups in total. The third-order valence-corrected chi connectivity index (χ3v) is 4.10. The summed E-state index contributed by atoms with van der Waals surface area (Å²) in [5.41, 5.74) is 7.72. The molecule has 0 saturated carbocycles. The third kappa shape index (κ3) is 3.31. The molecule has 5 heteroatoms. The molecule has 0 bridgehead atoms. The van der Waals surface area contributed by atoms with Gasteiger partial charge in [-0.3, -0.25) is 4.79 Å². The summed E-state index contributed by atoms with van der Waals surface area (Å²) in [4.78, 5) is 14.2. The first-order chi connectivity index (χ1) is 9.91. The van der Waals surface area contributed by atoms with Crippen molar-refractivity contribution < 1.29 is 4.79 Å². The van der Waals surface area contributed by atoms with E-state index in [0.717, 1.165) is 5.56 Å². The largest absolute Gasteiger partial charge is 0.399 e. The first-order valence-electron chi connectivity index (χ1n) is 6.48. The topological polar surface area (TPSA) is 46.3 Å². The van der Waals surface area contributed by atoms with Crippen LogP contribution in [0.3, 0.4) is 0 Å². The molecule has 1 amide bonds. The molecule has 110 valence electrons. The molecule has 2 aromatic carbocycles. The van der Waals surface area contributed by atoms with Crippen LogP contribution in [-0.2, 0) is 0 Å². The van der Waals surface area contributed by atoms with E-state index in [-0.39, 0.29) is 11.9 Å². The highest BCUT2D eigenvalue weighted by molar-refractivity contribution is 6.39. The number of hydrogen-bond acceptors (Lipinski definition) is 2. The number of amides is 1. The van der Waals surface area contributed by atoms with Crippen LogP contribution in [0.5, 0.6) is 0 Å². The maximum absolute atomic E-state index is 12.6. The van der Waals surface area contributed by atoms with Gasteiger partial charge < -0.3 is 10.6 Å². The summed E-state index contributed by atoms with van der Waals surface area (Å²) in [7, 11) is 1.72. The molecule has 0 aromatic heterocycles. The van der Waals surface area contributed by atoms with Gasteiger partial charge in [0.2, 0.25) is 0 Å². The fraction of sp³-hybridized carbons (Fsp3) is 0.188. The van der Waals surface area contributed by atoms with Crippen LogP contribution in [0.25, 0.3) is 0 Å². The number of benzene rings is 2. The summed E-state index contributed by atoms with van der Waals surface area (Å²) < 4.78 is 0. The quantitative estimate of drug-likeness (QED) is 0.851. The van der Waals surface area contributed by atoms with Crippen molar-refractivity contribution in [1.82, 2.24) is 4.90 Å². The predicted molar refractivity (Wildman–Crippen MR) is 87.8 cm³/mol. The van der Waals surface area contributed by atoms with Gasteiger partial charge in [0.1, 0.15) is 0 Å². The van der Waals surface area contributed by atoms with Gasteiger partial charge in [0.05, 0.1) is 21.7 Å². The van der Waals surface area contributed by atoms with Gasteiger partial charge in [0.15, 0.2) is 0 Å². The predicted octanol–water partition coefficient (Wildman–Crippen LogP) is 4.41. The molecule has 0 saturated heterocycles. The van der Waals surface area contributed by atoms with Crippen molar-refractivity contribution in [1.29, 1.82) is 0 Å². The van der Waals surface area contributed by atoms with E-state index in [2.05, 4.69) is 0 Å². The monoisotopic (exact) mass is 322 g/mol. The van der Waals surface area contributed by atoms with Crippen molar-refractivity contribution >= 4 is 34.8 Å². The van der Waals surface area contributed by atoms with Crippen LogP contribution in [0, 0.1) is 0 Å². The fourth-order valence-electron chi connectivity index (χ4n) is 2.10. The SMILES string of the molecule is CC(c1cccc(N)c1)N(C)C(=O)c1c(Cl)cccc1Cl. The summed E-state index contributed by atoms with van der Waals surface area (Å²) in [5.74, 6) is -0.222. The molecule has 2 rings (SSSR count). The van der Waals surface area contributed by atoms with Crippen molar-refractivity contribution in [3.05, 3.63) is 63.6 Å². The lowest BCUT2D eigenvalue weighted by Gasteiger charge is -2.26. The number of halogens is 2. The second-order valence-electron chi connectivity index (χ2n) is 4.86. The number of nitrogens with zero attached hydrogens (tertiary/aromatic N) is 1. The summed E-state index contributed by atoms with van der Waals surface area (Å²) in [6.07, 6.45) is 0. The van der Waals surface area contributed by atoms with E-state index in [1.807, 2.05) is 31.2 Å². The number of rotatable bonds is 3. The zero-order chi connectivity index (χ0) is 15.6. The van der Waals surface area contributed by atoms with Gasteiger partial charge in [-0.25, -0.2) is 0 Å². The van der Waals surface area contributed by atoms with Crippen LogP contribution in [0.1, 0.15) is 28.9 Å². The highest BCUT2D eigenvalue weighted by Gasteiger charge is 2.23. The minimum absolute atomic E-state index is 0.145. The number of carbonyl (C=O) groups excluding carboxylic acids is 1. The first kappa shape index (κ1) is 15.7. The van der Waals surface area contributed by atoms with Gasteiger partial charge in [0.25, 0.3) is 5.91 Å². The molecule has 2 aromatic rings. The molecular weight excluding hydrogens is 307 g/mol. The third-order valence-electron chi connectivity index (χ3n) is 3.47. The molecule has 0 aliphatic heterocycles. The van der Waals surface area contributed by atoms with E-state index in [1.54, 1.807) is 30.1 Å². The Kier molecular flexibility index (Phi) is 4.76. The maximum Gasteiger partial charge on any atom is 0.257 e. The Hall–Kier alpha value is -1.71. The Morgan fingerprint density at radius 3 is 2.29 bits per heavy atom. The summed E-state index contributed by atoms with van der Waals surface area (Å²) in [6, 6.07) is 12.3. The summed E-state index contributed by atoms with van der Waals surface area (Å²) in [5, 5.41) is 0.693. The maximum atomic E-state index is 12.6. The van der Waals surface area contributed by atoms with Crippen molar-refractivity contribution in [2.75, 3.05) is 12.8 Å². The van der Waals surface area contributed by atoms with Crippen molar-refractivity contribution in [2.45, 2.75) is 13.0 Å². The van der Waals surface area contributed by atoms with Gasteiger partial charge >= 0.3 is 0 Å². The first-order valence-corrected chi connectivity index (χ1v) is 7.24. The molecule has 0 aliphatic rings. The van der Waals surface area contributed by atoms with Gasteiger partial charge in [-0.05, 0) is 36.8 Å². The van der Waals surface area contributed by atoms with E-state index in [9.17, 15) is 4.79 Å². The standard InChI is InChI=1S/C16H16Cl2N2O/c1-10(11-5-3-6-12(19)9-11)20(2)16(21)15-13(17)7-4-8-14(15)18/h3-10H,19H2,1-2H3. The lowest BCUT2D eigenvalue weighted by molar-refractivity contribution is 0.0743. The Morgan fingerprint density at radius 2 is 1.71 bits per heavy atom. The fourth-order valence-corrected chi connectivity index (χ4v) is 2.66. The number of anilines is 1. The number of nitrogen functional groups attached to an aromatic ring is 1. The van der Waals surface area contributed by atoms with Crippen molar-refractivity contribution in [3.8, 4) is 0 Å². The van der Waals surface area contributed by atoms with E-state index >= 15 is 0 Å². The van der Waals surface area contributed by atoms with Crippen molar-refractivity contribution in [2.24, 2.45) is 0 Å². The average molecular weight is 323 g/mol. The van der Waals surface area contributed by atoms with Gasteiger partial charge in [0, 0.05) is 12.7 Å². The minimum Gasteiger partial charge on any atom is -0.399 e. The highest BCUT2D eigenvalue weighted by Crippen LogP contribution is 2.29. The Labute approximate surface area is 134 Å². The van der Waals surface area contributed by atoms with Crippen LogP contribution in [-0.4, -0.2) is 17.9 Å².